The summed E-state index contributed by atoms with van der Waals surface area (Å²) in [5.74, 6) is 3.79. The molecule has 0 unspecified atom stereocenters. The third kappa shape index (κ3) is 3.65. The van der Waals surface area contributed by atoms with Crippen LogP contribution in [0.5, 0.6) is 17.2 Å². The first-order valence-corrected chi connectivity index (χ1v) is 10.7. The van der Waals surface area contributed by atoms with E-state index in [1.807, 2.05) is 66.2 Å². The van der Waals surface area contributed by atoms with Crippen molar-refractivity contribution in [2.24, 2.45) is 4.99 Å². The van der Waals surface area contributed by atoms with Gasteiger partial charge >= 0.3 is 0 Å². The zero-order valence-corrected chi connectivity index (χ0v) is 19.0. The van der Waals surface area contributed by atoms with Crippen LogP contribution in [-0.2, 0) is 0 Å². The Bertz CT molecular complexity index is 1300. The molecular weight excluding hydrogens is 418 g/mol. The molecule has 0 saturated carbocycles. The third-order valence-corrected chi connectivity index (χ3v) is 5.95. The molecule has 0 aliphatic carbocycles. The minimum absolute atomic E-state index is 0.110. The van der Waals surface area contributed by atoms with Gasteiger partial charge in [-0.2, -0.15) is 5.10 Å². The summed E-state index contributed by atoms with van der Waals surface area (Å²) in [6.45, 7) is 2.01. The van der Waals surface area contributed by atoms with Crippen molar-refractivity contribution >= 4 is 11.5 Å². The summed E-state index contributed by atoms with van der Waals surface area (Å²) in [6, 6.07) is 17.6. The van der Waals surface area contributed by atoms with E-state index in [1.165, 1.54) is 0 Å². The first-order chi connectivity index (χ1) is 16.1. The van der Waals surface area contributed by atoms with E-state index in [0.29, 0.717) is 17.9 Å². The minimum atomic E-state index is -0.110. The molecular formula is C26H25N3O4. The molecule has 3 heterocycles. The summed E-state index contributed by atoms with van der Waals surface area (Å²) < 4.78 is 24.0. The maximum Gasteiger partial charge on any atom is 0.161 e. The SMILES string of the molecule is COc1ccc(-c2c(C)nn3c2N=C(c2ccc(OC)c(OC)c2)C[C@H]3c2ccco2)cc1. The fourth-order valence-electron chi connectivity index (χ4n) is 4.30. The van der Waals surface area contributed by atoms with Crippen LogP contribution in [0, 0.1) is 6.92 Å². The second-order valence-electron chi connectivity index (χ2n) is 7.82. The summed E-state index contributed by atoms with van der Waals surface area (Å²) in [5, 5.41) is 4.87. The second kappa shape index (κ2) is 8.50. The number of ether oxygens (including phenoxy) is 3. The van der Waals surface area contributed by atoms with Crippen molar-refractivity contribution in [1.82, 2.24) is 9.78 Å². The molecule has 1 aliphatic heterocycles. The average molecular weight is 444 g/mol. The van der Waals surface area contributed by atoms with Crippen LogP contribution < -0.4 is 14.2 Å². The summed E-state index contributed by atoms with van der Waals surface area (Å²) >= 11 is 0. The number of methoxy groups -OCH3 is 3. The molecule has 33 heavy (non-hydrogen) atoms. The Hall–Kier alpha value is -4.00. The largest absolute Gasteiger partial charge is 0.497 e. The molecule has 0 saturated heterocycles. The number of aliphatic imine (C=N–C) groups is 1. The second-order valence-corrected chi connectivity index (χ2v) is 7.82. The number of nitrogens with zero attached hydrogens (tertiary/aromatic N) is 3. The zero-order chi connectivity index (χ0) is 22.9. The van der Waals surface area contributed by atoms with Crippen LogP contribution in [0.4, 0.5) is 5.82 Å². The van der Waals surface area contributed by atoms with E-state index in [-0.39, 0.29) is 6.04 Å². The van der Waals surface area contributed by atoms with Gasteiger partial charge in [-0.15, -0.1) is 0 Å². The first-order valence-electron chi connectivity index (χ1n) is 10.7. The highest BCUT2D eigenvalue weighted by Crippen LogP contribution is 2.42. The lowest BCUT2D eigenvalue weighted by Crippen LogP contribution is -2.21. The molecule has 0 amide bonds. The number of benzene rings is 2. The monoisotopic (exact) mass is 443 g/mol. The van der Waals surface area contributed by atoms with Crippen molar-refractivity contribution in [2.75, 3.05) is 21.3 Å². The molecule has 7 nitrogen and oxygen atoms in total. The molecule has 7 heteroatoms. The molecule has 2 aromatic heterocycles. The van der Waals surface area contributed by atoms with Crippen molar-refractivity contribution in [3.8, 4) is 28.4 Å². The molecule has 0 spiro atoms. The standard InChI is InChI=1S/C26H25N3O4/c1-16-25(17-7-10-19(30-2)11-8-17)26-27-20(18-9-12-23(31-3)24(14-18)32-4)15-21(29(26)28-16)22-6-5-13-33-22/h5-14,21H,15H2,1-4H3/t21-/m0/s1. The lowest BCUT2D eigenvalue weighted by atomic mass is 9.98. The Morgan fingerprint density at radius 2 is 1.67 bits per heavy atom. The van der Waals surface area contributed by atoms with E-state index in [0.717, 1.165) is 45.4 Å². The molecule has 1 aliphatic rings. The Labute approximate surface area is 192 Å². The number of furan rings is 1. The van der Waals surface area contributed by atoms with Gasteiger partial charge < -0.3 is 18.6 Å². The van der Waals surface area contributed by atoms with E-state index >= 15 is 0 Å². The molecule has 4 aromatic rings. The summed E-state index contributed by atoms with van der Waals surface area (Å²) in [7, 11) is 4.93. The fraction of sp³-hybridized carbons (Fsp3) is 0.231. The van der Waals surface area contributed by atoms with Crippen LogP contribution in [0.3, 0.4) is 0 Å². The van der Waals surface area contributed by atoms with Crippen LogP contribution in [-0.4, -0.2) is 36.8 Å². The maximum absolute atomic E-state index is 5.80. The van der Waals surface area contributed by atoms with Gasteiger partial charge in [0.2, 0.25) is 0 Å². The topological polar surface area (TPSA) is 71.0 Å². The molecule has 0 N–H and O–H groups in total. The lowest BCUT2D eigenvalue weighted by Gasteiger charge is -2.24. The molecule has 0 bridgehead atoms. The molecule has 1 atom stereocenters. The van der Waals surface area contributed by atoms with E-state index in [1.54, 1.807) is 27.6 Å². The van der Waals surface area contributed by atoms with Crippen LogP contribution in [0.1, 0.15) is 29.5 Å². The van der Waals surface area contributed by atoms with E-state index in [2.05, 4.69) is 0 Å². The van der Waals surface area contributed by atoms with Gasteiger partial charge in [-0.1, -0.05) is 12.1 Å². The number of hydrogen-bond donors (Lipinski definition) is 0. The maximum atomic E-state index is 5.80. The zero-order valence-electron chi connectivity index (χ0n) is 19.0. The predicted octanol–water partition coefficient (Wildman–Crippen LogP) is 5.59. The Morgan fingerprint density at radius 3 is 2.33 bits per heavy atom. The fourth-order valence-corrected chi connectivity index (χ4v) is 4.30. The molecule has 0 radical (unpaired) electrons. The lowest BCUT2D eigenvalue weighted by molar-refractivity contribution is 0.355. The van der Waals surface area contributed by atoms with Gasteiger partial charge in [0.25, 0.3) is 0 Å². The van der Waals surface area contributed by atoms with E-state index in [9.17, 15) is 0 Å². The van der Waals surface area contributed by atoms with Gasteiger partial charge in [-0.05, 0) is 55.0 Å². The summed E-state index contributed by atoms with van der Waals surface area (Å²) in [4.78, 5) is 5.09. The van der Waals surface area contributed by atoms with Crippen LogP contribution in [0.15, 0.2) is 70.3 Å². The molecule has 2 aromatic carbocycles. The van der Waals surface area contributed by atoms with Crippen LogP contribution in [0.2, 0.25) is 0 Å². The van der Waals surface area contributed by atoms with Gasteiger partial charge in [0, 0.05) is 17.5 Å². The average Bonchev–Trinajstić information content (AvgIpc) is 3.50. The van der Waals surface area contributed by atoms with Gasteiger partial charge in [-0.25, -0.2) is 9.67 Å². The van der Waals surface area contributed by atoms with Crippen LogP contribution in [0.25, 0.3) is 11.1 Å². The van der Waals surface area contributed by atoms with Crippen molar-refractivity contribution in [3.63, 3.8) is 0 Å². The third-order valence-electron chi connectivity index (χ3n) is 5.95. The number of rotatable bonds is 6. The highest BCUT2D eigenvalue weighted by atomic mass is 16.5. The molecule has 0 fully saturated rings. The van der Waals surface area contributed by atoms with Gasteiger partial charge in [0.05, 0.1) is 39.0 Å². The van der Waals surface area contributed by atoms with Gasteiger partial charge in [0.1, 0.15) is 17.6 Å². The number of aromatic nitrogens is 2. The quantitative estimate of drug-likeness (QED) is 0.388. The van der Waals surface area contributed by atoms with Gasteiger partial charge in [0.15, 0.2) is 17.3 Å². The smallest absolute Gasteiger partial charge is 0.161 e. The number of hydrogen-bond acceptors (Lipinski definition) is 6. The summed E-state index contributed by atoms with van der Waals surface area (Å²) in [6.07, 6.45) is 2.33. The number of fused-ring (bicyclic) bond motifs is 1. The van der Waals surface area contributed by atoms with Crippen molar-refractivity contribution in [3.05, 3.63) is 77.9 Å². The normalized spacial score (nSPS) is 15.0. The Balaban J connectivity index is 1.68. The summed E-state index contributed by atoms with van der Waals surface area (Å²) in [5.41, 5.74) is 4.83. The number of aryl methyl sites for hydroxylation is 1. The molecule has 5 rings (SSSR count). The van der Waals surface area contributed by atoms with E-state index < -0.39 is 0 Å². The highest BCUT2D eigenvalue weighted by Gasteiger charge is 2.31. The van der Waals surface area contributed by atoms with Crippen molar-refractivity contribution in [2.45, 2.75) is 19.4 Å². The Kier molecular flexibility index (Phi) is 5.38. The van der Waals surface area contributed by atoms with Crippen molar-refractivity contribution < 1.29 is 18.6 Å². The van der Waals surface area contributed by atoms with Crippen LogP contribution >= 0.6 is 0 Å². The predicted molar refractivity (Wildman–Crippen MR) is 126 cm³/mol. The highest BCUT2D eigenvalue weighted by molar-refractivity contribution is 6.04. The minimum Gasteiger partial charge on any atom is -0.497 e. The Morgan fingerprint density at radius 1 is 0.909 bits per heavy atom. The van der Waals surface area contributed by atoms with E-state index in [4.69, 9.17) is 28.7 Å². The first kappa shape index (κ1) is 20.9. The molecule has 168 valence electrons. The van der Waals surface area contributed by atoms with Gasteiger partial charge in [-0.3, -0.25) is 0 Å². The van der Waals surface area contributed by atoms with Crippen molar-refractivity contribution in [1.29, 1.82) is 0 Å².